The molecule has 6 nitrogen and oxygen atoms in total. The number of nitrogens with two attached hydrogens (primary N) is 1. The number of hydrogen-bond acceptors (Lipinski definition) is 4. The quantitative estimate of drug-likeness (QED) is 0.158. The fraction of sp³-hybridized carbons (Fsp3) is 0.393. The molecule has 0 radical (unpaired) electrons. The van der Waals surface area contributed by atoms with E-state index in [4.69, 9.17) is 43.6 Å². The highest BCUT2D eigenvalue weighted by Crippen LogP contribution is 2.25. The van der Waals surface area contributed by atoms with Crippen LogP contribution in [0, 0.1) is 16.7 Å². The normalized spacial score (nSPS) is 12.3. The molecule has 4 N–H and O–H groups in total. The fourth-order valence-corrected chi connectivity index (χ4v) is 3.75. The third-order valence-electron chi connectivity index (χ3n) is 5.08. The van der Waals surface area contributed by atoms with E-state index in [-0.39, 0.29) is 6.41 Å². The standard InChI is InChI=1S/C22H26Cl2N2O.C4H8.CH3NO.CH3N/c23-20-7-6-19(14-21(20)24)16-26(11-8-17-4-2-1-3-5-17)22(25)15-18-9-12-27-13-10-18;1-4(2)3;2-1-3;1-2/h1-7,14,18,25H,8-13,15-16H2;1H2,2-3H3;1H,(H2,2,3);2H,1H2. The Morgan fingerprint density at radius 2 is 1.64 bits per heavy atom. The minimum atomic E-state index is 0.250. The van der Waals surface area contributed by atoms with E-state index < -0.39 is 0 Å². The number of primary amides is 1. The van der Waals surface area contributed by atoms with Crippen LogP contribution in [0.4, 0.5) is 0 Å². The molecule has 0 spiro atoms. The van der Waals surface area contributed by atoms with Gasteiger partial charge in [0.15, 0.2) is 0 Å². The number of ether oxygens (including phenoxy) is 1. The van der Waals surface area contributed by atoms with Crippen molar-refractivity contribution in [1.82, 2.24) is 4.90 Å². The van der Waals surface area contributed by atoms with Crippen LogP contribution in [0.25, 0.3) is 0 Å². The Bertz CT molecular complexity index is 900. The van der Waals surface area contributed by atoms with Crippen molar-refractivity contribution in [3.8, 4) is 0 Å². The van der Waals surface area contributed by atoms with Crippen LogP contribution in [-0.2, 0) is 22.5 Å². The second kappa shape index (κ2) is 20.5. The Morgan fingerprint density at radius 1 is 1.08 bits per heavy atom. The van der Waals surface area contributed by atoms with Gasteiger partial charge in [0.1, 0.15) is 0 Å². The lowest BCUT2D eigenvalue weighted by Gasteiger charge is -2.29. The van der Waals surface area contributed by atoms with Gasteiger partial charge in [0.2, 0.25) is 6.41 Å². The first-order valence-corrected chi connectivity index (χ1v) is 12.5. The van der Waals surface area contributed by atoms with Gasteiger partial charge in [0.05, 0.1) is 15.9 Å². The molecule has 0 aliphatic carbocycles. The summed E-state index contributed by atoms with van der Waals surface area (Å²) in [5.41, 5.74) is 7.70. The Hall–Kier alpha value is -2.67. The Balaban J connectivity index is 0.00000119. The monoisotopic (exact) mass is 534 g/mol. The van der Waals surface area contributed by atoms with Crippen LogP contribution in [0.5, 0.6) is 0 Å². The van der Waals surface area contributed by atoms with Crippen molar-refractivity contribution in [2.45, 2.75) is 46.1 Å². The molecule has 8 heteroatoms. The van der Waals surface area contributed by atoms with Gasteiger partial charge in [-0.05, 0) is 69.0 Å². The van der Waals surface area contributed by atoms with E-state index in [2.05, 4.69) is 48.2 Å². The number of rotatable bonds is 7. The molecule has 0 unspecified atom stereocenters. The number of amidine groups is 1. The molecule has 1 saturated heterocycles. The zero-order valence-corrected chi connectivity index (χ0v) is 23.0. The lowest BCUT2D eigenvalue weighted by atomic mass is 9.95. The first-order valence-electron chi connectivity index (χ1n) is 11.8. The van der Waals surface area contributed by atoms with E-state index in [9.17, 15) is 0 Å². The number of carbonyl (C=O) groups excluding carboxylic acids is 1. The van der Waals surface area contributed by atoms with Crippen molar-refractivity contribution in [2.24, 2.45) is 11.7 Å². The van der Waals surface area contributed by atoms with Gasteiger partial charge in [-0.15, -0.1) is 6.58 Å². The number of carbonyl (C=O) groups is 1. The molecule has 2 aromatic carbocycles. The first-order chi connectivity index (χ1) is 17.3. The minimum Gasteiger partial charge on any atom is -0.381 e. The molecule has 0 bridgehead atoms. The van der Waals surface area contributed by atoms with Crippen molar-refractivity contribution < 1.29 is 9.53 Å². The van der Waals surface area contributed by atoms with E-state index in [1.165, 1.54) is 11.1 Å². The van der Waals surface area contributed by atoms with Gasteiger partial charge in [0, 0.05) is 32.7 Å². The van der Waals surface area contributed by atoms with Crippen molar-refractivity contribution in [1.29, 1.82) is 10.8 Å². The van der Waals surface area contributed by atoms with Crippen LogP contribution in [0.2, 0.25) is 10.0 Å². The second-order valence-electron chi connectivity index (χ2n) is 8.46. The molecular formula is C28H40Cl2N4O2. The first kappa shape index (κ1) is 33.3. The lowest BCUT2D eigenvalue weighted by Crippen LogP contribution is -2.34. The zero-order chi connectivity index (χ0) is 27.3. The summed E-state index contributed by atoms with van der Waals surface area (Å²) in [5, 5.41) is 15.3. The molecular weight excluding hydrogens is 495 g/mol. The van der Waals surface area contributed by atoms with E-state index in [1.54, 1.807) is 0 Å². The van der Waals surface area contributed by atoms with Crippen LogP contribution in [0.3, 0.4) is 0 Å². The number of hydrogen-bond donors (Lipinski definition) is 3. The van der Waals surface area contributed by atoms with E-state index in [0.717, 1.165) is 51.0 Å². The largest absolute Gasteiger partial charge is 0.381 e. The number of allylic oxidation sites excluding steroid dienone is 1. The summed E-state index contributed by atoms with van der Waals surface area (Å²) >= 11 is 12.2. The number of benzene rings is 2. The van der Waals surface area contributed by atoms with E-state index in [0.29, 0.717) is 28.3 Å². The molecule has 3 rings (SSSR count). The molecule has 1 fully saturated rings. The highest BCUT2D eigenvalue weighted by atomic mass is 35.5. The predicted molar refractivity (Wildman–Crippen MR) is 153 cm³/mol. The minimum absolute atomic E-state index is 0.250. The van der Waals surface area contributed by atoms with Crippen LogP contribution >= 0.6 is 23.2 Å². The van der Waals surface area contributed by atoms with Crippen molar-refractivity contribution in [2.75, 3.05) is 19.8 Å². The van der Waals surface area contributed by atoms with E-state index >= 15 is 0 Å². The van der Waals surface area contributed by atoms with Gasteiger partial charge in [-0.2, -0.15) is 0 Å². The number of halogens is 2. The maximum atomic E-state index is 8.72. The predicted octanol–water partition coefficient (Wildman–Crippen LogP) is 6.78. The van der Waals surface area contributed by atoms with E-state index in [1.807, 2.05) is 38.1 Å². The molecule has 36 heavy (non-hydrogen) atoms. The van der Waals surface area contributed by atoms with Gasteiger partial charge < -0.3 is 20.8 Å². The summed E-state index contributed by atoms with van der Waals surface area (Å²) < 4.78 is 5.46. The van der Waals surface area contributed by atoms with Crippen LogP contribution in [0.15, 0.2) is 60.7 Å². The van der Waals surface area contributed by atoms with Crippen molar-refractivity contribution in [3.05, 3.63) is 81.9 Å². The average Bonchev–Trinajstić information content (AvgIpc) is 2.86. The maximum absolute atomic E-state index is 8.72. The Labute approximate surface area is 226 Å². The summed E-state index contributed by atoms with van der Waals surface area (Å²) in [6.45, 7) is 13.1. The highest BCUT2D eigenvalue weighted by molar-refractivity contribution is 6.42. The summed E-state index contributed by atoms with van der Waals surface area (Å²) in [5.74, 6) is 1.24. The maximum Gasteiger partial charge on any atom is 0.204 e. The smallest absolute Gasteiger partial charge is 0.204 e. The molecule has 1 heterocycles. The molecule has 0 aromatic heterocycles. The average molecular weight is 536 g/mol. The lowest BCUT2D eigenvalue weighted by molar-refractivity contribution is -0.106. The molecule has 0 atom stereocenters. The molecule has 1 aliphatic heterocycles. The second-order valence-corrected chi connectivity index (χ2v) is 9.27. The Morgan fingerprint density at radius 3 is 2.17 bits per heavy atom. The SMILES string of the molecule is C=C(C)C.C=N.N=C(CC1CCOCC1)N(CCc1ccccc1)Cc1ccc(Cl)c(Cl)c1.NC=O. The summed E-state index contributed by atoms with van der Waals surface area (Å²) in [7, 11) is 0. The summed E-state index contributed by atoms with van der Waals surface area (Å²) in [6, 6.07) is 16.2. The van der Waals surface area contributed by atoms with Gasteiger partial charge in [-0.1, -0.05) is 65.2 Å². The van der Waals surface area contributed by atoms with Crippen LogP contribution < -0.4 is 5.73 Å². The number of amides is 1. The highest BCUT2D eigenvalue weighted by Gasteiger charge is 2.19. The van der Waals surface area contributed by atoms with Gasteiger partial charge >= 0.3 is 0 Å². The van der Waals surface area contributed by atoms with Crippen LogP contribution in [0.1, 0.15) is 44.2 Å². The van der Waals surface area contributed by atoms with Gasteiger partial charge in [-0.3, -0.25) is 10.2 Å². The van der Waals surface area contributed by atoms with Gasteiger partial charge in [0.25, 0.3) is 0 Å². The Kier molecular flexibility index (Phi) is 19.0. The molecule has 198 valence electrons. The molecule has 2 aromatic rings. The number of nitrogens with zero attached hydrogens (tertiary/aromatic N) is 1. The zero-order valence-electron chi connectivity index (χ0n) is 21.4. The third-order valence-corrected chi connectivity index (χ3v) is 5.81. The van der Waals surface area contributed by atoms with Crippen molar-refractivity contribution >= 4 is 42.2 Å². The molecule has 1 aliphatic rings. The summed E-state index contributed by atoms with van der Waals surface area (Å²) in [6.07, 6.45) is 4.06. The third kappa shape index (κ3) is 15.4. The summed E-state index contributed by atoms with van der Waals surface area (Å²) in [4.78, 5) is 10.8. The van der Waals surface area contributed by atoms with Crippen LogP contribution in [-0.4, -0.2) is 43.6 Å². The number of nitrogens with one attached hydrogen (secondary N) is 2. The molecule has 1 amide bonds. The van der Waals surface area contributed by atoms with Crippen molar-refractivity contribution in [3.63, 3.8) is 0 Å². The molecule has 0 saturated carbocycles. The van der Waals surface area contributed by atoms with Gasteiger partial charge in [-0.25, -0.2) is 0 Å². The topological polar surface area (TPSA) is 103 Å². The fourth-order valence-electron chi connectivity index (χ4n) is 3.43.